The van der Waals surface area contributed by atoms with Crippen molar-refractivity contribution in [1.82, 2.24) is 19.9 Å². The average molecular weight is 218 g/mol. The van der Waals surface area contributed by atoms with Crippen LogP contribution >= 0.6 is 0 Å². The van der Waals surface area contributed by atoms with Crippen molar-refractivity contribution >= 4 is 5.65 Å². The van der Waals surface area contributed by atoms with Gasteiger partial charge in [0.25, 0.3) is 0 Å². The van der Waals surface area contributed by atoms with Gasteiger partial charge < -0.3 is 10.1 Å². The van der Waals surface area contributed by atoms with Gasteiger partial charge in [0.1, 0.15) is 0 Å². The van der Waals surface area contributed by atoms with E-state index in [0.717, 1.165) is 30.2 Å². The van der Waals surface area contributed by atoms with Crippen LogP contribution in [0, 0.1) is 6.92 Å². The second kappa shape index (κ2) is 3.84. The Morgan fingerprint density at radius 2 is 2.50 bits per heavy atom. The van der Waals surface area contributed by atoms with Crippen molar-refractivity contribution < 1.29 is 4.74 Å². The van der Waals surface area contributed by atoms with Crippen molar-refractivity contribution in [1.29, 1.82) is 0 Å². The Hall–Kier alpha value is -1.46. The van der Waals surface area contributed by atoms with Crippen LogP contribution in [0.3, 0.4) is 0 Å². The summed E-state index contributed by atoms with van der Waals surface area (Å²) in [5.41, 5.74) is 2.06. The lowest BCUT2D eigenvalue weighted by Gasteiger charge is -2.20. The summed E-state index contributed by atoms with van der Waals surface area (Å²) in [6.45, 7) is 4.32. The molecule has 1 N–H and O–H groups in total. The van der Waals surface area contributed by atoms with Crippen LogP contribution in [0.4, 0.5) is 0 Å². The Kier molecular flexibility index (Phi) is 2.34. The van der Waals surface area contributed by atoms with Gasteiger partial charge in [0.05, 0.1) is 19.3 Å². The molecule has 2 aromatic heterocycles. The summed E-state index contributed by atoms with van der Waals surface area (Å²) in [6.07, 6.45) is 1.92. The van der Waals surface area contributed by atoms with Crippen LogP contribution in [-0.2, 0) is 4.74 Å². The highest BCUT2D eigenvalue weighted by Gasteiger charge is 2.20. The van der Waals surface area contributed by atoms with Gasteiger partial charge in [0, 0.05) is 12.7 Å². The van der Waals surface area contributed by atoms with E-state index >= 15 is 0 Å². The van der Waals surface area contributed by atoms with Crippen LogP contribution < -0.4 is 5.32 Å². The molecule has 3 heterocycles. The van der Waals surface area contributed by atoms with E-state index < -0.39 is 0 Å². The molecule has 84 valence electrons. The van der Waals surface area contributed by atoms with Gasteiger partial charge in [-0.05, 0) is 18.6 Å². The predicted octanol–water partition coefficient (Wildman–Crippen LogP) is 0.699. The predicted molar refractivity (Wildman–Crippen MR) is 59.3 cm³/mol. The molecule has 1 aliphatic heterocycles. The van der Waals surface area contributed by atoms with Crippen LogP contribution in [0.1, 0.15) is 17.4 Å². The van der Waals surface area contributed by atoms with E-state index in [2.05, 4.69) is 15.4 Å². The van der Waals surface area contributed by atoms with Crippen molar-refractivity contribution in [2.45, 2.75) is 13.0 Å². The molecule has 1 atom stereocenters. The molecule has 0 saturated carbocycles. The highest BCUT2D eigenvalue weighted by Crippen LogP contribution is 2.14. The SMILES string of the molecule is Cc1cccn2nc(C3COCCN3)nc12. The van der Waals surface area contributed by atoms with Crippen LogP contribution in [0.25, 0.3) is 5.65 Å². The lowest BCUT2D eigenvalue weighted by atomic mass is 10.2. The summed E-state index contributed by atoms with van der Waals surface area (Å²) in [6, 6.07) is 4.14. The fourth-order valence-electron chi connectivity index (χ4n) is 1.93. The molecule has 1 unspecified atom stereocenters. The Bertz CT molecular complexity index is 502. The molecule has 1 fully saturated rings. The number of morpholine rings is 1. The zero-order valence-electron chi connectivity index (χ0n) is 9.18. The summed E-state index contributed by atoms with van der Waals surface area (Å²) in [7, 11) is 0. The third-order valence-corrected chi connectivity index (χ3v) is 2.81. The van der Waals surface area contributed by atoms with Crippen molar-refractivity contribution in [3.05, 3.63) is 29.7 Å². The lowest BCUT2D eigenvalue weighted by molar-refractivity contribution is 0.0743. The standard InChI is InChI=1S/C11H14N4O/c1-8-3-2-5-15-11(8)13-10(14-15)9-7-16-6-4-12-9/h2-3,5,9,12H,4,6-7H2,1H3. The fraction of sp³-hybridized carbons (Fsp3) is 0.455. The minimum atomic E-state index is 0.119. The van der Waals surface area contributed by atoms with Crippen molar-refractivity contribution in [2.24, 2.45) is 0 Å². The number of aryl methyl sites for hydroxylation is 1. The molecule has 0 bridgehead atoms. The molecule has 0 aromatic carbocycles. The topological polar surface area (TPSA) is 51.5 Å². The molecule has 5 nitrogen and oxygen atoms in total. The Morgan fingerprint density at radius 1 is 1.56 bits per heavy atom. The number of nitrogens with one attached hydrogen (secondary N) is 1. The van der Waals surface area contributed by atoms with Gasteiger partial charge in [0.2, 0.25) is 0 Å². The van der Waals surface area contributed by atoms with E-state index in [1.54, 1.807) is 0 Å². The molecule has 1 aliphatic rings. The van der Waals surface area contributed by atoms with Gasteiger partial charge in [-0.15, -0.1) is 5.10 Å². The van der Waals surface area contributed by atoms with E-state index in [-0.39, 0.29) is 6.04 Å². The maximum absolute atomic E-state index is 5.41. The van der Waals surface area contributed by atoms with Crippen LogP contribution in [0.15, 0.2) is 18.3 Å². The Balaban J connectivity index is 2.01. The maximum Gasteiger partial charge on any atom is 0.170 e. The number of nitrogens with zero attached hydrogens (tertiary/aromatic N) is 3. The largest absolute Gasteiger partial charge is 0.378 e. The molecule has 0 aliphatic carbocycles. The van der Waals surface area contributed by atoms with Crippen LogP contribution in [0.5, 0.6) is 0 Å². The molecule has 5 heteroatoms. The molecule has 0 spiro atoms. The zero-order chi connectivity index (χ0) is 11.0. The number of hydrogen-bond donors (Lipinski definition) is 1. The van der Waals surface area contributed by atoms with E-state index in [1.807, 2.05) is 29.8 Å². The normalized spacial score (nSPS) is 21.4. The Morgan fingerprint density at radius 3 is 3.25 bits per heavy atom. The van der Waals surface area contributed by atoms with Crippen LogP contribution in [0.2, 0.25) is 0 Å². The molecule has 3 rings (SSSR count). The maximum atomic E-state index is 5.41. The van der Waals surface area contributed by atoms with Crippen molar-refractivity contribution in [3.8, 4) is 0 Å². The fourth-order valence-corrected chi connectivity index (χ4v) is 1.93. The molecule has 16 heavy (non-hydrogen) atoms. The highest BCUT2D eigenvalue weighted by molar-refractivity contribution is 5.45. The van der Waals surface area contributed by atoms with E-state index in [1.165, 1.54) is 0 Å². The minimum Gasteiger partial charge on any atom is -0.378 e. The van der Waals surface area contributed by atoms with Crippen LogP contribution in [-0.4, -0.2) is 34.4 Å². The third kappa shape index (κ3) is 1.58. The number of aromatic nitrogens is 3. The Labute approximate surface area is 93.4 Å². The molecular weight excluding hydrogens is 204 g/mol. The van der Waals surface area contributed by atoms with E-state index in [4.69, 9.17) is 4.74 Å². The van der Waals surface area contributed by atoms with Gasteiger partial charge >= 0.3 is 0 Å². The summed E-state index contributed by atoms with van der Waals surface area (Å²) in [5.74, 6) is 0.814. The highest BCUT2D eigenvalue weighted by atomic mass is 16.5. The summed E-state index contributed by atoms with van der Waals surface area (Å²) in [4.78, 5) is 4.55. The van der Waals surface area contributed by atoms with Gasteiger partial charge in [-0.3, -0.25) is 0 Å². The molecular formula is C11H14N4O. The van der Waals surface area contributed by atoms with Gasteiger partial charge in [-0.2, -0.15) is 0 Å². The van der Waals surface area contributed by atoms with Gasteiger partial charge in [0.15, 0.2) is 11.5 Å². The smallest absolute Gasteiger partial charge is 0.170 e. The second-order valence-electron chi connectivity index (χ2n) is 4.01. The summed E-state index contributed by atoms with van der Waals surface area (Å²) in [5, 5.41) is 7.81. The van der Waals surface area contributed by atoms with Crippen molar-refractivity contribution in [3.63, 3.8) is 0 Å². The first-order valence-corrected chi connectivity index (χ1v) is 5.47. The molecule has 0 radical (unpaired) electrons. The number of ether oxygens (including phenoxy) is 1. The first-order chi connectivity index (χ1) is 7.84. The number of rotatable bonds is 1. The second-order valence-corrected chi connectivity index (χ2v) is 4.01. The van der Waals surface area contributed by atoms with Crippen molar-refractivity contribution in [2.75, 3.05) is 19.8 Å². The zero-order valence-corrected chi connectivity index (χ0v) is 9.18. The first kappa shape index (κ1) is 9.74. The minimum absolute atomic E-state index is 0.119. The third-order valence-electron chi connectivity index (χ3n) is 2.81. The first-order valence-electron chi connectivity index (χ1n) is 5.47. The monoisotopic (exact) mass is 218 g/mol. The molecule has 2 aromatic rings. The number of fused-ring (bicyclic) bond motifs is 1. The number of pyridine rings is 1. The number of hydrogen-bond acceptors (Lipinski definition) is 4. The van der Waals surface area contributed by atoms with E-state index in [9.17, 15) is 0 Å². The quantitative estimate of drug-likeness (QED) is 0.765. The molecule has 0 amide bonds. The van der Waals surface area contributed by atoms with E-state index in [0.29, 0.717) is 6.61 Å². The summed E-state index contributed by atoms with van der Waals surface area (Å²) >= 11 is 0. The average Bonchev–Trinajstić information content (AvgIpc) is 2.76. The van der Waals surface area contributed by atoms with Gasteiger partial charge in [-0.1, -0.05) is 6.07 Å². The van der Waals surface area contributed by atoms with Gasteiger partial charge in [-0.25, -0.2) is 9.50 Å². The lowest BCUT2D eigenvalue weighted by Crippen LogP contribution is -2.35. The summed E-state index contributed by atoms with van der Waals surface area (Å²) < 4.78 is 7.23. The molecule has 1 saturated heterocycles.